The molecule has 0 fully saturated rings. The maximum atomic E-state index is 10.2. The lowest BCUT2D eigenvalue weighted by Crippen LogP contribution is -2.35. The minimum Gasteiger partial charge on any atom is -0.493 e. The highest BCUT2D eigenvalue weighted by atomic mass is 35.5. The van der Waals surface area contributed by atoms with Crippen molar-refractivity contribution in [2.24, 2.45) is 5.92 Å². The van der Waals surface area contributed by atoms with Crippen molar-refractivity contribution in [3.05, 3.63) is 47.5 Å². The predicted octanol–water partition coefficient (Wildman–Crippen LogP) is 5.17. The number of ether oxygens (including phenoxy) is 4. The molecule has 0 saturated carbocycles. The molecule has 0 amide bonds. The first-order chi connectivity index (χ1) is 15.4. The van der Waals surface area contributed by atoms with Crippen LogP contribution in [0.5, 0.6) is 23.0 Å². The van der Waals surface area contributed by atoms with Crippen molar-refractivity contribution in [1.29, 1.82) is 5.26 Å². The molecule has 0 spiro atoms. The van der Waals surface area contributed by atoms with E-state index in [2.05, 4.69) is 31.3 Å². The highest BCUT2D eigenvalue weighted by molar-refractivity contribution is 5.85. The van der Waals surface area contributed by atoms with Crippen LogP contribution in [0.4, 0.5) is 0 Å². The number of rotatable bonds is 13. The van der Waals surface area contributed by atoms with Gasteiger partial charge in [0, 0.05) is 0 Å². The summed E-state index contributed by atoms with van der Waals surface area (Å²) in [6, 6.07) is 14.4. The van der Waals surface area contributed by atoms with Crippen LogP contribution >= 0.6 is 12.4 Å². The van der Waals surface area contributed by atoms with Crippen molar-refractivity contribution in [2.45, 2.75) is 38.5 Å². The van der Waals surface area contributed by atoms with Gasteiger partial charge in [0.25, 0.3) is 0 Å². The fourth-order valence-electron chi connectivity index (χ4n) is 3.99. The van der Waals surface area contributed by atoms with Gasteiger partial charge in [-0.25, -0.2) is 0 Å². The largest absolute Gasteiger partial charge is 0.493 e. The molecule has 33 heavy (non-hydrogen) atoms. The molecule has 2 aromatic rings. The van der Waals surface area contributed by atoms with Crippen LogP contribution in [0.1, 0.15) is 37.8 Å². The van der Waals surface area contributed by atoms with Crippen molar-refractivity contribution in [3.8, 4) is 29.1 Å². The van der Waals surface area contributed by atoms with Crippen LogP contribution in [0.3, 0.4) is 0 Å². The monoisotopic (exact) mass is 476 g/mol. The van der Waals surface area contributed by atoms with Gasteiger partial charge in [-0.1, -0.05) is 26.0 Å². The van der Waals surface area contributed by atoms with E-state index in [0.29, 0.717) is 17.9 Å². The summed E-state index contributed by atoms with van der Waals surface area (Å²) in [5.74, 6) is 2.96. The molecule has 1 N–H and O–H groups in total. The summed E-state index contributed by atoms with van der Waals surface area (Å²) in [5, 5.41) is 13.7. The third-order valence-corrected chi connectivity index (χ3v) is 6.05. The summed E-state index contributed by atoms with van der Waals surface area (Å²) < 4.78 is 21.5. The molecule has 7 heteroatoms. The minimum atomic E-state index is -0.601. The number of nitriles is 1. The topological polar surface area (TPSA) is 72.7 Å². The zero-order valence-corrected chi connectivity index (χ0v) is 21.4. The zero-order chi connectivity index (χ0) is 23.6. The average Bonchev–Trinajstić information content (AvgIpc) is 2.82. The molecule has 0 radical (unpaired) electrons. The van der Waals surface area contributed by atoms with Crippen LogP contribution in [-0.4, -0.2) is 41.5 Å². The molecule has 2 aromatic carbocycles. The Kier molecular flexibility index (Phi) is 11.9. The van der Waals surface area contributed by atoms with Crippen molar-refractivity contribution >= 4 is 12.4 Å². The average molecular weight is 477 g/mol. The van der Waals surface area contributed by atoms with Crippen molar-refractivity contribution < 1.29 is 18.9 Å². The molecular formula is C26H37ClN2O4. The Hall–Kier alpha value is -2.62. The smallest absolute Gasteiger partial charge is 0.161 e. The number of hydrogen-bond acceptors (Lipinski definition) is 6. The Labute approximate surface area is 204 Å². The first kappa shape index (κ1) is 28.4. The summed E-state index contributed by atoms with van der Waals surface area (Å²) >= 11 is 0. The Balaban J connectivity index is 0.00000544. The lowest BCUT2D eigenvalue weighted by atomic mass is 9.70. The number of halogens is 1. The molecule has 0 aliphatic carbocycles. The highest BCUT2D eigenvalue weighted by Crippen LogP contribution is 2.39. The molecule has 1 unspecified atom stereocenters. The third-order valence-electron chi connectivity index (χ3n) is 6.05. The molecular weight excluding hydrogens is 440 g/mol. The van der Waals surface area contributed by atoms with Gasteiger partial charge in [-0.3, -0.25) is 0 Å². The molecule has 0 aliphatic rings. The fraction of sp³-hybridized carbons (Fsp3) is 0.500. The molecule has 1 atom stereocenters. The molecule has 0 aromatic heterocycles. The Morgan fingerprint density at radius 1 is 0.848 bits per heavy atom. The van der Waals surface area contributed by atoms with Gasteiger partial charge in [0.05, 0.1) is 39.9 Å². The number of hydrogen-bond donors (Lipinski definition) is 1. The van der Waals surface area contributed by atoms with Crippen molar-refractivity contribution in [3.63, 3.8) is 0 Å². The normalized spacial score (nSPS) is 12.3. The molecule has 0 heterocycles. The van der Waals surface area contributed by atoms with E-state index in [9.17, 15) is 5.26 Å². The maximum absolute atomic E-state index is 10.2. The van der Waals surface area contributed by atoms with Gasteiger partial charge in [0.15, 0.2) is 23.0 Å². The zero-order valence-electron chi connectivity index (χ0n) is 20.6. The quantitative estimate of drug-likeness (QED) is 0.402. The van der Waals surface area contributed by atoms with Crippen LogP contribution < -0.4 is 24.3 Å². The summed E-state index contributed by atoms with van der Waals surface area (Å²) in [6.07, 6.45) is 2.65. The Bertz CT molecular complexity index is 914. The number of aryl methyl sites for hydroxylation is 1. The predicted molar refractivity (Wildman–Crippen MR) is 134 cm³/mol. The lowest BCUT2D eigenvalue weighted by molar-refractivity contribution is 0.343. The van der Waals surface area contributed by atoms with Gasteiger partial charge in [-0.05, 0) is 73.7 Å². The van der Waals surface area contributed by atoms with E-state index in [-0.39, 0.29) is 18.3 Å². The van der Waals surface area contributed by atoms with E-state index in [0.717, 1.165) is 43.0 Å². The first-order valence-electron chi connectivity index (χ1n) is 11.0. The van der Waals surface area contributed by atoms with E-state index in [4.69, 9.17) is 18.9 Å². The summed E-state index contributed by atoms with van der Waals surface area (Å²) in [5.41, 5.74) is 1.57. The second kappa shape index (κ2) is 13.8. The van der Waals surface area contributed by atoms with Crippen molar-refractivity contribution in [2.75, 3.05) is 41.5 Å². The van der Waals surface area contributed by atoms with Crippen molar-refractivity contribution in [1.82, 2.24) is 5.32 Å². The molecule has 6 nitrogen and oxygen atoms in total. The van der Waals surface area contributed by atoms with E-state index in [1.807, 2.05) is 30.3 Å². The number of methoxy groups -OCH3 is 4. The van der Waals surface area contributed by atoms with Crippen LogP contribution in [0.25, 0.3) is 0 Å². The molecule has 0 saturated heterocycles. The first-order valence-corrected chi connectivity index (χ1v) is 11.0. The Morgan fingerprint density at radius 2 is 1.42 bits per heavy atom. The summed E-state index contributed by atoms with van der Waals surface area (Å²) in [7, 11) is 6.52. The second-order valence-electron chi connectivity index (χ2n) is 8.10. The van der Waals surface area contributed by atoms with Gasteiger partial charge < -0.3 is 24.3 Å². The van der Waals surface area contributed by atoms with Gasteiger partial charge >= 0.3 is 0 Å². The maximum Gasteiger partial charge on any atom is 0.161 e. The van der Waals surface area contributed by atoms with Gasteiger partial charge in [-0.15, -0.1) is 12.4 Å². The SMILES string of the molecule is COc1ccc(CCCNCCC(C#N)(c2ccc(OC)c(OC)c2)C(C)C)cc1OC.Cl. The van der Waals surface area contributed by atoms with E-state index < -0.39 is 5.41 Å². The fourth-order valence-corrected chi connectivity index (χ4v) is 3.99. The number of nitrogens with one attached hydrogen (secondary N) is 1. The van der Waals surface area contributed by atoms with Crippen LogP contribution in [0.15, 0.2) is 36.4 Å². The summed E-state index contributed by atoms with van der Waals surface area (Å²) in [6.45, 7) is 5.82. The molecule has 0 bridgehead atoms. The number of benzene rings is 2. The highest BCUT2D eigenvalue weighted by Gasteiger charge is 2.36. The van der Waals surface area contributed by atoms with Crippen LogP contribution in [0, 0.1) is 17.2 Å². The van der Waals surface area contributed by atoms with Gasteiger partial charge in [-0.2, -0.15) is 5.26 Å². The second-order valence-corrected chi connectivity index (χ2v) is 8.10. The molecule has 0 aliphatic heterocycles. The third kappa shape index (κ3) is 6.93. The standard InChI is InChI=1S/C26H36N2O4.ClH/c1-19(2)26(18-27,21-10-12-23(30-4)25(17-21)32-6)13-15-28-14-7-8-20-9-11-22(29-3)24(16-20)31-5;/h9-12,16-17,19,28H,7-8,13-15H2,1-6H3;1H. The van der Waals surface area contributed by atoms with E-state index in [1.54, 1.807) is 28.4 Å². The van der Waals surface area contributed by atoms with Crippen LogP contribution in [-0.2, 0) is 11.8 Å². The number of nitrogens with zero attached hydrogens (tertiary/aromatic N) is 1. The van der Waals surface area contributed by atoms with E-state index in [1.165, 1.54) is 5.56 Å². The van der Waals surface area contributed by atoms with Gasteiger partial charge in [0.2, 0.25) is 0 Å². The van der Waals surface area contributed by atoms with Gasteiger partial charge in [0.1, 0.15) is 0 Å². The lowest BCUT2D eigenvalue weighted by Gasteiger charge is -2.32. The van der Waals surface area contributed by atoms with E-state index >= 15 is 0 Å². The Morgan fingerprint density at radius 3 is 1.97 bits per heavy atom. The summed E-state index contributed by atoms with van der Waals surface area (Å²) in [4.78, 5) is 0. The molecule has 2 rings (SSSR count). The molecule has 182 valence electrons. The van der Waals surface area contributed by atoms with Crippen LogP contribution in [0.2, 0.25) is 0 Å². The minimum absolute atomic E-state index is 0.